The van der Waals surface area contributed by atoms with E-state index in [0.29, 0.717) is 22.7 Å². The van der Waals surface area contributed by atoms with Crippen molar-refractivity contribution in [2.75, 3.05) is 0 Å². The van der Waals surface area contributed by atoms with Crippen molar-refractivity contribution in [2.45, 2.75) is 26.4 Å². The van der Waals surface area contributed by atoms with Crippen molar-refractivity contribution in [1.29, 1.82) is 0 Å². The first kappa shape index (κ1) is 14.6. The molecule has 0 unspecified atom stereocenters. The fourth-order valence-electron chi connectivity index (χ4n) is 1.60. The van der Waals surface area contributed by atoms with Gasteiger partial charge in [-0.25, -0.2) is 4.68 Å². The van der Waals surface area contributed by atoms with Crippen molar-refractivity contribution in [3.63, 3.8) is 0 Å². The summed E-state index contributed by atoms with van der Waals surface area (Å²) >= 11 is 3.31. The zero-order valence-electron chi connectivity index (χ0n) is 11.1. The first-order chi connectivity index (χ1) is 9.47. The number of nitrogens with zero attached hydrogens (tertiary/aromatic N) is 4. The summed E-state index contributed by atoms with van der Waals surface area (Å²) in [4.78, 5) is 10.3. The van der Waals surface area contributed by atoms with Crippen molar-refractivity contribution in [3.8, 4) is 5.69 Å². The van der Waals surface area contributed by atoms with Gasteiger partial charge in [-0.1, -0.05) is 19.1 Å². The van der Waals surface area contributed by atoms with Crippen LogP contribution in [0.25, 0.3) is 5.69 Å². The molecule has 0 spiro atoms. The molecule has 0 radical (unpaired) electrons. The Kier molecular flexibility index (Phi) is 4.46. The van der Waals surface area contributed by atoms with Crippen LogP contribution in [0, 0.1) is 10.1 Å². The Bertz CT molecular complexity index is 626. The van der Waals surface area contributed by atoms with Gasteiger partial charge in [-0.05, 0) is 22.0 Å². The Labute approximate surface area is 124 Å². The molecule has 1 heterocycles. The van der Waals surface area contributed by atoms with Gasteiger partial charge in [-0.15, -0.1) is 5.10 Å². The number of aromatic nitrogens is 3. The van der Waals surface area contributed by atoms with Crippen LogP contribution in [0.2, 0.25) is 0 Å². The molecule has 8 heteroatoms. The molecule has 2 rings (SSSR count). The average Bonchev–Trinajstić information content (AvgIpc) is 2.84. The van der Waals surface area contributed by atoms with Crippen LogP contribution < -0.4 is 5.32 Å². The zero-order chi connectivity index (χ0) is 14.7. The minimum atomic E-state index is -0.437. The predicted octanol–water partition coefficient (Wildman–Crippen LogP) is 2.44. The topological polar surface area (TPSA) is 85.9 Å². The van der Waals surface area contributed by atoms with Crippen LogP contribution in [0.4, 0.5) is 5.69 Å². The van der Waals surface area contributed by atoms with E-state index in [1.807, 2.05) is 0 Å². The minimum absolute atomic E-state index is 0.0300. The highest BCUT2D eigenvalue weighted by molar-refractivity contribution is 9.10. The summed E-state index contributed by atoms with van der Waals surface area (Å²) in [5.41, 5.74) is 1.55. The van der Waals surface area contributed by atoms with Gasteiger partial charge in [0.1, 0.15) is 0 Å². The van der Waals surface area contributed by atoms with Crippen molar-refractivity contribution >= 4 is 21.6 Å². The molecule has 0 bridgehead atoms. The maximum absolute atomic E-state index is 10.7. The Hall–Kier alpha value is -1.80. The Morgan fingerprint density at radius 2 is 2.25 bits per heavy atom. The van der Waals surface area contributed by atoms with Gasteiger partial charge in [0.25, 0.3) is 5.69 Å². The standard InChI is InChI=1S/C12H14BrN5O2/c1-8(2)14-6-9-7-17(16-15-9)12-4-3-10(18(19)20)5-11(12)13/h3-5,7-8,14H,6H2,1-2H3. The summed E-state index contributed by atoms with van der Waals surface area (Å²) in [5.74, 6) is 0. The van der Waals surface area contributed by atoms with Crippen LogP contribution in [0.15, 0.2) is 28.9 Å². The van der Waals surface area contributed by atoms with Crippen molar-refractivity contribution in [2.24, 2.45) is 0 Å². The third-order valence-electron chi connectivity index (χ3n) is 2.62. The van der Waals surface area contributed by atoms with Gasteiger partial charge < -0.3 is 5.32 Å². The van der Waals surface area contributed by atoms with E-state index in [1.54, 1.807) is 16.9 Å². The summed E-state index contributed by atoms with van der Waals surface area (Å²) in [7, 11) is 0. The number of nitro groups is 1. The Morgan fingerprint density at radius 1 is 1.50 bits per heavy atom. The van der Waals surface area contributed by atoms with E-state index in [9.17, 15) is 10.1 Å². The third kappa shape index (κ3) is 3.40. The van der Waals surface area contributed by atoms with Crippen molar-refractivity contribution < 1.29 is 4.92 Å². The smallest absolute Gasteiger partial charge is 0.270 e. The summed E-state index contributed by atoms with van der Waals surface area (Å²) in [5, 5.41) is 22.0. The van der Waals surface area contributed by atoms with Crippen molar-refractivity contribution in [3.05, 3.63) is 44.7 Å². The SMILES string of the molecule is CC(C)NCc1cn(-c2ccc([N+](=O)[O-])cc2Br)nn1. The molecule has 0 aliphatic heterocycles. The normalized spacial score (nSPS) is 11.0. The average molecular weight is 340 g/mol. The highest BCUT2D eigenvalue weighted by Crippen LogP contribution is 2.25. The van der Waals surface area contributed by atoms with Crippen LogP contribution in [-0.4, -0.2) is 26.0 Å². The molecule has 1 aromatic heterocycles. The number of nitrogens with one attached hydrogen (secondary N) is 1. The zero-order valence-corrected chi connectivity index (χ0v) is 12.7. The fraction of sp³-hybridized carbons (Fsp3) is 0.333. The molecule has 0 atom stereocenters. The maximum Gasteiger partial charge on any atom is 0.270 e. The van der Waals surface area contributed by atoms with E-state index in [4.69, 9.17) is 0 Å². The lowest BCUT2D eigenvalue weighted by molar-refractivity contribution is -0.384. The third-order valence-corrected chi connectivity index (χ3v) is 3.26. The molecule has 106 valence electrons. The van der Waals surface area contributed by atoms with Gasteiger partial charge >= 0.3 is 0 Å². The van der Waals surface area contributed by atoms with E-state index in [-0.39, 0.29) is 5.69 Å². The first-order valence-corrected chi connectivity index (χ1v) is 6.85. The summed E-state index contributed by atoms with van der Waals surface area (Å²) in [6.07, 6.45) is 1.79. The van der Waals surface area contributed by atoms with Crippen LogP contribution in [0.3, 0.4) is 0 Å². The number of hydrogen-bond donors (Lipinski definition) is 1. The lowest BCUT2D eigenvalue weighted by Gasteiger charge is -2.04. The molecule has 1 aromatic carbocycles. The van der Waals surface area contributed by atoms with E-state index in [0.717, 1.165) is 5.69 Å². The van der Waals surface area contributed by atoms with E-state index >= 15 is 0 Å². The highest BCUT2D eigenvalue weighted by Gasteiger charge is 2.12. The van der Waals surface area contributed by atoms with Crippen LogP contribution in [0.5, 0.6) is 0 Å². The van der Waals surface area contributed by atoms with Gasteiger partial charge in [0, 0.05) is 24.7 Å². The van der Waals surface area contributed by atoms with E-state index in [2.05, 4.69) is 45.4 Å². The quantitative estimate of drug-likeness (QED) is 0.667. The lowest BCUT2D eigenvalue weighted by atomic mass is 10.3. The van der Waals surface area contributed by atoms with Gasteiger partial charge in [-0.3, -0.25) is 10.1 Å². The molecule has 0 amide bonds. The largest absolute Gasteiger partial charge is 0.309 e. The predicted molar refractivity (Wildman–Crippen MR) is 77.7 cm³/mol. The molecule has 7 nitrogen and oxygen atoms in total. The molecule has 2 aromatic rings. The summed E-state index contributed by atoms with van der Waals surface area (Å²) in [6, 6.07) is 4.89. The molecule has 20 heavy (non-hydrogen) atoms. The number of nitro benzene ring substituents is 1. The number of halogens is 1. The molecule has 0 saturated carbocycles. The molecule has 0 aliphatic carbocycles. The van der Waals surface area contributed by atoms with Crippen molar-refractivity contribution in [1.82, 2.24) is 20.3 Å². The second kappa shape index (κ2) is 6.10. The summed E-state index contributed by atoms with van der Waals surface area (Å²) < 4.78 is 2.19. The monoisotopic (exact) mass is 339 g/mol. The highest BCUT2D eigenvalue weighted by atomic mass is 79.9. The minimum Gasteiger partial charge on any atom is -0.309 e. The van der Waals surface area contributed by atoms with Gasteiger partial charge in [0.15, 0.2) is 0 Å². The second-order valence-electron chi connectivity index (χ2n) is 4.58. The number of non-ortho nitro benzene ring substituents is 1. The number of benzene rings is 1. The molecule has 0 aliphatic rings. The van der Waals surface area contributed by atoms with Crippen LogP contribution >= 0.6 is 15.9 Å². The molecule has 0 saturated heterocycles. The molecule has 1 N–H and O–H groups in total. The van der Waals surface area contributed by atoms with E-state index < -0.39 is 4.92 Å². The molecule has 0 fully saturated rings. The molecular formula is C12H14BrN5O2. The maximum atomic E-state index is 10.7. The van der Waals surface area contributed by atoms with Gasteiger partial charge in [0.2, 0.25) is 0 Å². The fourth-order valence-corrected chi connectivity index (χ4v) is 2.15. The van der Waals surface area contributed by atoms with Crippen LogP contribution in [0.1, 0.15) is 19.5 Å². The Morgan fingerprint density at radius 3 is 2.85 bits per heavy atom. The van der Waals surface area contributed by atoms with Gasteiger partial charge in [-0.2, -0.15) is 0 Å². The second-order valence-corrected chi connectivity index (χ2v) is 5.44. The number of rotatable bonds is 5. The Balaban J connectivity index is 2.21. The lowest BCUT2D eigenvalue weighted by Crippen LogP contribution is -2.21. The number of hydrogen-bond acceptors (Lipinski definition) is 5. The van der Waals surface area contributed by atoms with Crippen LogP contribution in [-0.2, 0) is 6.54 Å². The first-order valence-electron chi connectivity index (χ1n) is 6.06. The summed E-state index contributed by atoms with van der Waals surface area (Å²) in [6.45, 7) is 4.73. The van der Waals surface area contributed by atoms with E-state index in [1.165, 1.54) is 12.1 Å². The van der Waals surface area contributed by atoms with Gasteiger partial charge in [0.05, 0.1) is 27.0 Å². The molecular weight excluding hydrogens is 326 g/mol.